The summed E-state index contributed by atoms with van der Waals surface area (Å²) in [7, 11) is 0. The predicted octanol–water partition coefficient (Wildman–Crippen LogP) is 5.19. The van der Waals surface area contributed by atoms with E-state index in [0.29, 0.717) is 6.04 Å². The highest BCUT2D eigenvalue weighted by atomic mass is 14.9. The Kier molecular flexibility index (Phi) is 7.02. The maximum absolute atomic E-state index is 3.78. The third-order valence-electron chi connectivity index (χ3n) is 4.47. The molecule has 0 saturated heterocycles. The van der Waals surface area contributed by atoms with Crippen LogP contribution in [0.5, 0.6) is 0 Å². The third-order valence-corrected chi connectivity index (χ3v) is 4.47. The van der Waals surface area contributed by atoms with Gasteiger partial charge in [-0.05, 0) is 57.6 Å². The molecule has 1 nitrogen and oxygen atoms in total. The molecular formula is C20H31N. The van der Waals surface area contributed by atoms with E-state index in [4.69, 9.17) is 0 Å². The summed E-state index contributed by atoms with van der Waals surface area (Å²) in [4.78, 5) is 0. The minimum atomic E-state index is 0.533. The maximum atomic E-state index is 3.78. The van der Waals surface area contributed by atoms with E-state index < -0.39 is 0 Å². The smallest absolute Gasteiger partial charge is 0.0320 e. The van der Waals surface area contributed by atoms with Crippen molar-refractivity contribution in [2.75, 3.05) is 6.54 Å². The number of benzene rings is 1. The second-order valence-corrected chi connectivity index (χ2v) is 6.43. The molecule has 1 heteroatoms. The van der Waals surface area contributed by atoms with Crippen molar-refractivity contribution in [1.29, 1.82) is 0 Å². The first-order chi connectivity index (χ1) is 10.3. The number of hydrogen-bond donors (Lipinski definition) is 1. The van der Waals surface area contributed by atoms with Gasteiger partial charge in [-0.15, -0.1) is 0 Å². The molecule has 0 heterocycles. The molecule has 1 aromatic carbocycles. The summed E-state index contributed by atoms with van der Waals surface area (Å²) >= 11 is 0. The fraction of sp³-hybridized carbons (Fsp3) is 0.600. The van der Waals surface area contributed by atoms with Gasteiger partial charge in [-0.25, -0.2) is 0 Å². The van der Waals surface area contributed by atoms with E-state index in [0.717, 1.165) is 13.0 Å². The Balaban J connectivity index is 2.06. The fourth-order valence-corrected chi connectivity index (χ4v) is 3.15. The summed E-state index contributed by atoms with van der Waals surface area (Å²) in [6.07, 6.45) is 13.0. The summed E-state index contributed by atoms with van der Waals surface area (Å²) < 4.78 is 0. The molecule has 0 radical (unpaired) electrons. The average molecular weight is 285 g/mol. The molecule has 1 N–H and O–H groups in total. The van der Waals surface area contributed by atoms with Crippen LogP contribution >= 0.6 is 0 Å². The van der Waals surface area contributed by atoms with E-state index in [-0.39, 0.29) is 0 Å². The molecule has 1 aliphatic rings. The largest absolute Gasteiger partial charge is 0.310 e. The molecule has 0 aliphatic heterocycles. The molecule has 1 aliphatic carbocycles. The standard InChI is InChI=1S/C20H31N/c1-3-15-21-20(16-18-13-11-17(2)12-14-18)19-9-7-5-4-6-8-10-19/h9,11-14,20-21H,3-8,10,15-16H2,1-2H3/b19-9+. The maximum Gasteiger partial charge on any atom is 0.0320 e. The lowest BCUT2D eigenvalue weighted by atomic mass is 9.91. The summed E-state index contributed by atoms with van der Waals surface area (Å²) in [5.74, 6) is 0. The van der Waals surface area contributed by atoms with Crippen molar-refractivity contribution < 1.29 is 0 Å². The Morgan fingerprint density at radius 1 is 1.05 bits per heavy atom. The van der Waals surface area contributed by atoms with Gasteiger partial charge in [0.05, 0.1) is 0 Å². The number of hydrogen-bond acceptors (Lipinski definition) is 1. The SMILES string of the molecule is CCCNC(Cc1ccc(C)cc1)/C1=C/CCCCCC1. The first-order valence-electron chi connectivity index (χ1n) is 8.77. The zero-order valence-electron chi connectivity index (χ0n) is 13.8. The van der Waals surface area contributed by atoms with Crippen molar-refractivity contribution in [3.05, 3.63) is 47.0 Å². The summed E-state index contributed by atoms with van der Waals surface area (Å²) in [6.45, 7) is 5.53. The van der Waals surface area contributed by atoms with Crippen LogP contribution in [-0.4, -0.2) is 12.6 Å². The minimum Gasteiger partial charge on any atom is -0.310 e. The third kappa shape index (κ3) is 5.67. The molecule has 1 aromatic rings. The van der Waals surface area contributed by atoms with Crippen molar-refractivity contribution in [2.45, 2.75) is 71.3 Å². The molecule has 1 atom stereocenters. The van der Waals surface area contributed by atoms with Crippen LogP contribution in [0.2, 0.25) is 0 Å². The van der Waals surface area contributed by atoms with Crippen LogP contribution in [0.15, 0.2) is 35.9 Å². The molecule has 0 saturated carbocycles. The van der Waals surface area contributed by atoms with Gasteiger partial charge in [0.15, 0.2) is 0 Å². The van der Waals surface area contributed by atoms with Crippen LogP contribution in [0.1, 0.15) is 63.0 Å². The van der Waals surface area contributed by atoms with Crippen LogP contribution in [0, 0.1) is 6.92 Å². The minimum absolute atomic E-state index is 0.533. The van der Waals surface area contributed by atoms with Crippen molar-refractivity contribution in [2.24, 2.45) is 0 Å². The molecular weight excluding hydrogens is 254 g/mol. The zero-order chi connectivity index (χ0) is 14.9. The van der Waals surface area contributed by atoms with Gasteiger partial charge in [-0.3, -0.25) is 0 Å². The summed E-state index contributed by atoms with van der Waals surface area (Å²) in [5.41, 5.74) is 4.46. The van der Waals surface area contributed by atoms with Crippen LogP contribution in [0.3, 0.4) is 0 Å². The molecule has 2 rings (SSSR count). The quantitative estimate of drug-likeness (QED) is 0.710. The van der Waals surface area contributed by atoms with Gasteiger partial charge < -0.3 is 5.32 Å². The van der Waals surface area contributed by atoms with E-state index in [1.807, 2.05) is 0 Å². The lowest BCUT2D eigenvalue weighted by Crippen LogP contribution is -2.34. The first kappa shape index (κ1) is 16.3. The summed E-state index contributed by atoms with van der Waals surface area (Å²) in [5, 5.41) is 3.78. The van der Waals surface area contributed by atoms with Crippen LogP contribution in [-0.2, 0) is 6.42 Å². The van der Waals surface area contributed by atoms with Crippen molar-refractivity contribution in [3.63, 3.8) is 0 Å². The number of rotatable bonds is 6. The van der Waals surface area contributed by atoms with Gasteiger partial charge in [0, 0.05) is 6.04 Å². The molecule has 0 fully saturated rings. The molecule has 0 spiro atoms. The van der Waals surface area contributed by atoms with Gasteiger partial charge in [-0.1, -0.05) is 61.2 Å². The molecule has 21 heavy (non-hydrogen) atoms. The van der Waals surface area contributed by atoms with Crippen LogP contribution in [0.25, 0.3) is 0 Å². The highest BCUT2D eigenvalue weighted by Crippen LogP contribution is 2.22. The van der Waals surface area contributed by atoms with Gasteiger partial charge in [-0.2, -0.15) is 0 Å². The molecule has 1 unspecified atom stereocenters. The Morgan fingerprint density at radius 3 is 2.57 bits per heavy atom. The Hall–Kier alpha value is -1.08. The van der Waals surface area contributed by atoms with E-state index in [9.17, 15) is 0 Å². The monoisotopic (exact) mass is 285 g/mol. The van der Waals surface area contributed by atoms with E-state index in [2.05, 4.69) is 49.5 Å². The second-order valence-electron chi connectivity index (χ2n) is 6.43. The van der Waals surface area contributed by atoms with Gasteiger partial charge in [0.1, 0.15) is 0 Å². The number of nitrogens with one attached hydrogen (secondary N) is 1. The summed E-state index contributed by atoms with van der Waals surface area (Å²) in [6, 6.07) is 9.59. The Bertz CT molecular complexity index is 430. The van der Waals surface area contributed by atoms with Gasteiger partial charge in [0.25, 0.3) is 0 Å². The van der Waals surface area contributed by atoms with Gasteiger partial charge in [0.2, 0.25) is 0 Å². The Labute approximate surface area is 130 Å². The van der Waals surface area contributed by atoms with E-state index >= 15 is 0 Å². The highest BCUT2D eigenvalue weighted by molar-refractivity contribution is 5.25. The molecule has 0 amide bonds. The second kappa shape index (κ2) is 9.04. The van der Waals surface area contributed by atoms with Crippen molar-refractivity contribution >= 4 is 0 Å². The fourth-order valence-electron chi connectivity index (χ4n) is 3.15. The number of allylic oxidation sites excluding steroid dienone is 1. The van der Waals surface area contributed by atoms with Crippen LogP contribution < -0.4 is 5.32 Å². The molecule has 0 bridgehead atoms. The normalized spacial score (nSPS) is 20.2. The Morgan fingerprint density at radius 2 is 1.81 bits per heavy atom. The number of aryl methyl sites for hydroxylation is 1. The van der Waals surface area contributed by atoms with Gasteiger partial charge >= 0.3 is 0 Å². The van der Waals surface area contributed by atoms with E-state index in [1.54, 1.807) is 5.57 Å². The first-order valence-corrected chi connectivity index (χ1v) is 8.77. The van der Waals surface area contributed by atoms with E-state index in [1.165, 1.54) is 56.1 Å². The zero-order valence-corrected chi connectivity index (χ0v) is 13.8. The van der Waals surface area contributed by atoms with Crippen LogP contribution in [0.4, 0.5) is 0 Å². The van der Waals surface area contributed by atoms with Crippen molar-refractivity contribution in [1.82, 2.24) is 5.32 Å². The molecule has 116 valence electrons. The average Bonchev–Trinajstić information content (AvgIpc) is 2.46. The lowest BCUT2D eigenvalue weighted by molar-refractivity contribution is 0.523. The topological polar surface area (TPSA) is 12.0 Å². The molecule has 0 aromatic heterocycles. The lowest BCUT2D eigenvalue weighted by Gasteiger charge is -2.24. The predicted molar refractivity (Wildman–Crippen MR) is 92.7 cm³/mol. The highest BCUT2D eigenvalue weighted by Gasteiger charge is 2.15. The van der Waals surface area contributed by atoms with Crippen molar-refractivity contribution in [3.8, 4) is 0 Å².